The number of rotatable bonds is 3. The summed E-state index contributed by atoms with van der Waals surface area (Å²) in [5.41, 5.74) is 1.56. The van der Waals surface area contributed by atoms with Crippen molar-refractivity contribution in [2.45, 2.75) is 19.8 Å². The maximum atomic E-state index is 12.0. The molecule has 0 spiro atoms. The van der Waals surface area contributed by atoms with Crippen molar-refractivity contribution in [3.63, 3.8) is 0 Å². The van der Waals surface area contributed by atoms with Gasteiger partial charge in [-0.25, -0.2) is 0 Å². The van der Waals surface area contributed by atoms with Crippen LogP contribution in [0.2, 0.25) is 0 Å². The molecule has 0 saturated carbocycles. The van der Waals surface area contributed by atoms with Gasteiger partial charge in [-0.3, -0.25) is 9.59 Å². The van der Waals surface area contributed by atoms with E-state index in [9.17, 15) is 9.59 Å². The first kappa shape index (κ1) is 12.6. The lowest BCUT2D eigenvalue weighted by Gasteiger charge is -2.22. The van der Waals surface area contributed by atoms with E-state index in [-0.39, 0.29) is 24.1 Å². The van der Waals surface area contributed by atoms with Crippen LogP contribution in [0.5, 0.6) is 5.75 Å². The van der Waals surface area contributed by atoms with Crippen LogP contribution < -0.4 is 4.74 Å². The number of benzene rings is 1. The first-order valence-electron chi connectivity index (χ1n) is 6.02. The smallest absolute Gasteiger partial charge is 0.309 e. The van der Waals surface area contributed by atoms with Gasteiger partial charge in [0, 0.05) is 12.0 Å². The molecule has 1 aliphatic rings. The first-order valence-corrected chi connectivity index (χ1v) is 6.02. The Balaban J connectivity index is 2.26. The highest BCUT2D eigenvalue weighted by atomic mass is 16.5. The molecule has 2 rings (SSSR count). The molecule has 0 bridgehead atoms. The normalized spacial score (nSPS) is 18.1. The molecular formula is C14H16O4. The van der Waals surface area contributed by atoms with E-state index in [1.807, 2.05) is 6.07 Å². The summed E-state index contributed by atoms with van der Waals surface area (Å²) in [4.78, 5) is 23.7. The van der Waals surface area contributed by atoms with Crippen LogP contribution in [0.4, 0.5) is 0 Å². The van der Waals surface area contributed by atoms with Gasteiger partial charge in [0.15, 0.2) is 5.78 Å². The number of methoxy groups -OCH3 is 1. The van der Waals surface area contributed by atoms with Crippen LogP contribution in [0.3, 0.4) is 0 Å². The average molecular weight is 248 g/mol. The van der Waals surface area contributed by atoms with Crippen LogP contribution in [0.25, 0.3) is 0 Å². The van der Waals surface area contributed by atoms with Crippen LogP contribution in [-0.4, -0.2) is 25.5 Å². The number of hydrogen-bond acceptors (Lipinski definition) is 4. The standard InChI is InChI=1S/C14H16O4/c1-3-18-14(16)10-6-9-7-11(17-2)4-5-12(9)13(15)8-10/h4-5,7,10H,3,6,8H2,1-2H3/t10-/m0/s1. The number of carbonyl (C=O) groups excluding carboxylic acids is 2. The quantitative estimate of drug-likeness (QED) is 0.768. The highest BCUT2D eigenvalue weighted by molar-refractivity contribution is 6.01. The maximum absolute atomic E-state index is 12.0. The fraction of sp³-hybridized carbons (Fsp3) is 0.429. The molecule has 1 aromatic rings. The Morgan fingerprint density at radius 2 is 2.17 bits per heavy atom. The van der Waals surface area contributed by atoms with Crippen molar-refractivity contribution < 1.29 is 19.1 Å². The van der Waals surface area contributed by atoms with Gasteiger partial charge in [-0.2, -0.15) is 0 Å². The zero-order valence-electron chi connectivity index (χ0n) is 10.6. The summed E-state index contributed by atoms with van der Waals surface area (Å²) >= 11 is 0. The minimum atomic E-state index is -0.364. The Morgan fingerprint density at radius 1 is 1.39 bits per heavy atom. The van der Waals surface area contributed by atoms with E-state index < -0.39 is 0 Å². The summed E-state index contributed by atoms with van der Waals surface area (Å²) in [5.74, 6) is 0.0411. The van der Waals surface area contributed by atoms with Gasteiger partial charge >= 0.3 is 5.97 Å². The van der Waals surface area contributed by atoms with E-state index in [1.165, 1.54) is 0 Å². The third kappa shape index (κ3) is 2.37. The van der Waals surface area contributed by atoms with Crippen LogP contribution in [-0.2, 0) is 16.0 Å². The summed E-state index contributed by atoms with van der Waals surface area (Å²) in [6.45, 7) is 2.11. The van der Waals surface area contributed by atoms with Crippen LogP contribution in [0, 0.1) is 5.92 Å². The monoisotopic (exact) mass is 248 g/mol. The topological polar surface area (TPSA) is 52.6 Å². The Bertz CT molecular complexity index is 479. The fourth-order valence-electron chi connectivity index (χ4n) is 2.24. The zero-order chi connectivity index (χ0) is 13.1. The predicted octanol–water partition coefficient (Wildman–Crippen LogP) is 2.00. The number of ketones is 1. The second-order valence-electron chi connectivity index (χ2n) is 4.30. The minimum absolute atomic E-state index is 0.00282. The Kier molecular flexibility index (Phi) is 3.65. The molecule has 0 aliphatic heterocycles. The molecule has 18 heavy (non-hydrogen) atoms. The van der Waals surface area contributed by atoms with Crippen molar-refractivity contribution >= 4 is 11.8 Å². The molecular weight excluding hydrogens is 232 g/mol. The van der Waals surface area contributed by atoms with Gasteiger partial charge in [-0.1, -0.05) is 0 Å². The summed E-state index contributed by atoms with van der Waals surface area (Å²) < 4.78 is 10.1. The molecule has 0 unspecified atom stereocenters. The van der Waals surface area contributed by atoms with Crippen molar-refractivity contribution in [2.24, 2.45) is 5.92 Å². The van der Waals surface area contributed by atoms with Gasteiger partial charge in [0.25, 0.3) is 0 Å². The van der Waals surface area contributed by atoms with E-state index >= 15 is 0 Å². The molecule has 0 amide bonds. The van der Waals surface area contributed by atoms with Crippen LogP contribution in [0.1, 0.15) is 29.3 Å². The highest BCUT2D eigenvalue weighted by Crippen LogP contribution is 2.29. The molecule has 0 radical (unpaired) electrons. The molecule has 4 nitrogen and oxygen atoms in total. The van der Waals surface area contributed by atoms with Crippen molar-refractivity contribution in [2.75, 3.05) is 13.7 Å². The van der Waals surface area contributed by atoms with E-state index in [1.54, 1.807) is 26.2 Å². The molecule has 1 aliphatic carbocycles. The number of Topliss-reactive ketones (excluding diaryl/α,β-unsaturated/α-hetero) is 1. The lowest BCUT2D eigenvalue weighted by molar-refractivity contribution is -0.148. The molecule has 96 valence electrons. The highest BCUT2D eigenvalue weighted by Gasteiger charge is 2.30. The maximum Gasteiger partial charge on any atom is 0.309 e. The van der Waals surface area contributed by atoms with Crippen LogP contribution >= 0.6 is 0 Å². The van der Waals surface area contributed by atoms with E-state index in [2.05, 4.69) is 0 Å². The van der Waals surface area contributed by atoms with Gasteiger partial charge in [0.1, 0.15) is 5.75 Å². The summed E-state index contributed by atoms with van der Waals surface area (Å²) in [6, 6.07) is 5.35. The number of ether oxygens (including phenoxy) is 2. The molecule has 1 atom stereocenters. The van der Waals surface area contributed by atoms with Crippen molar-refractivity contribution in [1.82, 2.24) is 0 Å². The van der Waals surface area contributed by atoms with Crippen molar-refractivity contribution in [1.29, 1.82) is 0 Å². The predicted molar refractivity (Wildman–Crippen MR) is 65.8 cm³/mol. The van der Waals surface area contributed by atoms with Gasteiger partial charge in [0.2, 0.25) is 0 Å². The zero-order valence-corrected chi connectivity index (χ0v) is 10.6. The largest absolute Gasteiger partial charge is 0.497 e. The second-order valence-corrected chi connectivity index (χ2v) is 4.30. The van der Waals surface area contributed by atoms with E-state index in [0.29, 0.717) is 24.3 Å². The van der Waals surface area contributed by atoms with Gasteiger partial charge in [-0.15, -0.1) is 0 Å². The molecule has 1 aromatic carbocycles. The second kappa shape index (κ2) is 5.21. The van der Waals surface area contributed by atoms with E-state index in [0.717, 1.165) is 5.56 Å². The van der Waals surface area contributed by atoms with Gasteiger partial charge in [-0.05, 0) is 37.1 Å². The molecule has 4 heteroatoms. The third-order valence-electron chi connectivity index (χ3n) is 3.13. The number of hydrogen-bond donors (Lipinski definition) is 0. The Hall–Kier alpha value is -1.84. The summed E-state index contributed by atoms with van der Waals surface area (Å²) in [7, 11) is 1.58. The SMILES string of the molecule is CCOC(=O)[C@@H]1CC(=O)c2ccc(OC)cc2C1. The van der Waals surface area contributed by atoms with Crippen LogP contribution in [0.15, 0.2) is 18.2 Å². The lowest BCUT2D eigenvalue weighted by atomic mass is 9.83. The van der Waals surface area contributed by atoms with Crippen molar-refractivity contribution in [3.8, 4) is 5.75 Å². The van der Waals surface area contributed by atoms with Gasteiger partial charge in [0.05, 0.1) is 19.6 Å². The van der Waals surface area contributed by atoms with Crippen molar-refractivity contribution in [3.05, 3.63) is 29.3 Å². The fourth-order valence-corrected chi connectivity index (χ4v) is 2.24. The molecule has 0 heterocycles. The number of carbonyl (C=O) groups is 2. The number of esters is 1. The molecule has 0 aromatic heterocycles. The molecule has 0 fully saturated rings. The Morgan fingerprint density at radius 3 is 2.83 bits per heavy atom. The Labute approximate surface area is 106 Å². The summed E-state index contributed by atoms with van der Waals surface area (Å²) in [5, 5.41) is 0. The molecule has 0 saturated heterocycles. The summed E-state index contributed by atoms with van der Waals surface area (Å²) in [6.07, 6.45) is 0.773. The lowest BCUT2D eigenvalue weighted by Crippen LogP contribution is -2.28. The molecule has 0 N–H and O–H groups in total. The first-order chi connectivity index (χ1) is 8.65. The van der Waals surface area contributed by atoms with Gasteiger partial charge < -0.3 is 9.47 Å². The average Bonchev–Trinajstić information content (AvgIpc) is 2.38. The third-order valence-corrected chi connectivity index (χ3v) is 3.13. The number of fused-ring (bicyclic) bond motifs is 1. The minimum Gasteiger partial charge on any atom is -0.497 e. The van der Waals surface area contributed by atoms with E-state index in [4.69, 9.17) is 9.47 Å².